The van der Waals surface area contributed by atoms with Gasteiger partial charge in [0.2, 0.25) is 0 Å². The van der Waals surface area contributed by atoms with Crippen molar-refractivity contribution in [2.45, 2.75) is 18.9 Å². The lowest BCUT2D eigenvalue weighted by Gasteiger charge is -2.16. The summed E-state index contributed by atoms with van der Waals surface area (Å²) in [7, 11) is 1.32. The third kappa shape index (κ3) is 4.67. The van der Waals surface area contributed by atoms with Crippen LogP contribution in [0.1, 0.15) is 12.8 Å². The first-order chi connectivity index (χ1) is 7.13. The van der Waals surface area contributed by atoms with E-state index in [1.165, 1.54) is 7.11 Å². The van der Waals surface area contributed by atoms with Crippen LogP contribution < -0.4 is 11.1 Å². The van der Waals surface area contributed by atoms with Gasteiger partial charge in [0, 0.05) is 25.7 Å². The van der Waals surface area contributed by atoms with Crippen molar-refractivity contribution in [1.29, 1.82) is 0 Å². The number of halogens is 1. The van der Waals surface area contributed by atoms with Crippen LogP contribution >= 0.6 is 12.4 Å². The van der Waals surface area contributed by atoms with E-state index >= 15 is 0 Å². The van der Waals surface area contributed by atoms with E-state index < -0.39 is 0 Å². The van der Waals surface area contributed by atoms with Crippen molar-refractivity contribution in [2.24, 2.45) is 5.73 Å². The molecule has 7 heteroatoms. The zero-order chi connectivity index (χ0) is 11.3. The average molecular weight is 252 g/mol. The third-order valence-corrected chi connectivity index (χ3v) is 2.34. The van der Waals surface area contributed by atoms with E-state index in [1.54, 1.807) is 4.90 Å². The molecular formula is C9H18ClN3O3. The van der Waals surface area contributed by atoms with Crippen LogP contribution in [0.25, 0.3) is 0 Å². The van der Waals surface area contributed by atoms with Gasteiger partial charge in [0.05, 0.1) is 13.5 Å². The first kappa shape index (κ1) is 15.0. The van der Waals surface area contributed by atoms with E-state index in [1.807, 2.05) is 0 Å². The fraction of sp³-hybridized carbons (Fsp3) is 0.778. The lowest BCUT2D eigenvalue weighted by Crippen LogP contribution is -2.40. The van der Waals surface area contributed by atoms with E-state index in [2.05, 4.69) is 10.1 Å². The molecule has 0 aromatic carbocycles. The number of rotatable bonds is 3. The lowest BCUT2D eigenvalue weighted by molar-refractivity contribution is -0.140. The number of nitrogens with one attached hydrogen (secondary N) is 1. The minimum atomic E-state index is -0.326. The highest BCUT2D eigenvalue weighted by Crippen LogP contribution is 2.06. The molecule has 1 aliphatic heterocycles. The number of carbonyl (C=O) groups excluding carboxylic acids is 2. The first-order valence-corrected chi connectivity index (χ1v) is 4.98. The van der Waals surface area contributed by atoms with E-state index in [-0.39, 0.29) is 36.9 Å². The van der Waals surface area contributed by atoms with Gasteiger partial charge in [0.15, 0.2) is 0 Å². The fourth-order valence-electron chi connectivity index (χ4n) is 1.46. The van der Waals surface area contributed by atoms with Crippen LogP contribution in [0.5, 0.6) is 0 Å². The molecule has 0 saturated carbocycles. The molecule has 2 amide bonds. The van der Waals surface area contributed by atoms with Gasteiger partial charge in [-0.1, -0.05) is 0 Å². The van der Waals surface area contributed by atoms with Crippen molar-refractivity contribution in [1.82, 2.24) is 10.2 Å². The summed E-state index contributed by atoms with van der Waals surface area (Å²) >= 11 is 0. The molecule has 3 N–H and O–H groups in total. The van der Waals surface area contributed by atoms with Crippen molar-refractivity contribution in [2.75, 3.05) is 26.7 Å². The molecule has 0 radical (unpaired) electrons. The number of amides is 2. The van der Waals surface area contributed by atoms with E-state index in [0.717, 1.165) is 6.42 Å². The quantitative estimate of drug-likeness (QED) is 0.676. The molecule has 1 fully saturated rings. The van der Waals surface area contributed by atoms with Crippen LogP contribution in [0.4, 0.5) is 4.79 Å². The topological polar surface area (TPSA) is 84.7 Å². The van der Waals surface area contributed by atoms with Crippen LogP contribution in [0.3, 0.4) is 0 Å². The summed E-state index contributed by atoms with van der Waals surface area (Å²) in [4.78, 5) is 23.9. The summed E-state index contributed by atoms with van der Waals surface area (Å²) in [6, 6.07) is -0.0804. The number of hydrogen-bond acceptors (Lipinski definition) is 4. The highest BCUT2D eigenvalue weighted by molar-refractivity contribution is 5.85. The molecule has 0 aliphatic carbocycles. The van der Waals surface area contributed by atoms with Gasteiger partial charge in [-0.3, -0.25) is 4.79 Å². The van der Waals surface area contributed by atoms with E-state index in [0.29, 0.717) is 19.6 Å². The molecular weight excluding hydrogens is 234 g/mol. The summed E-state index contributed by atoms with van der Waals surface area (Å²) in [5, 5.41) is 2.64. The van der Waals surface area contributed by atoms with Crippen LogP contribution in [0.2, 0.25) is 0 Å². The number of methoxy groups -OCH3 is 1. The molecule has 1 saturated heterocycles. The third-order valence-electron chi connectivity index (χ3n) is 2.34. The normalized spacial score (nSPS) is 18.9. The Morgan fingerprint density at radius 2 is 2.25 bits per heavy atom. The molecule has 1 atom stereocenters. The Bertz CT molecular complexity index is 250. The smallest absolute Gasteiger partial charge is 0.317 e. The number of hydrogen-bond donors (Lipinski definition) is 2. The number of likely N-dealkylation sites (tertiary alicyclic amines) is 1. The Hall–Kier alpha value is -1.01. The van der Waals surface area contributed by atoms with E-state index in [9.17, 15) is 9.59 Å². The summed E-state index contributed by atoms with van der Waals surface area (Å²) in [6.07, 6.45) is 1.03. The minimum absolute atomic E-state index is 0. The second-order valence-corrected chi connectivity index (χ2v) is 3.55. The zero-order valence-corrected chi connectivity index (χ0v) is 10.1. The van der Waals surface area contributed by atoms with Gasteiger partial charge in [0.25, 0.3) is 0 Å². The molecule has 0 aromatic rings. The van der Waals surface area contributed by atoms with Gasteiger partial charge in [-0.2, -0.15) is 0 Å². The Balaban J connectivity index is 0.00000225. The Kier molecular flexibility index (Phi) is 6.83. The van der Waals surface area contributed by atoms with Crippen LogP contribution in [0, 0.1) is 0 Å². The number of urea groups is 1. The van der Waals surface area contributed by atoms with Gasteiger partial charge < -0.3 is 20.7 Å². The highest BCUT2D eigenvalue weighted by atomic mass is 35.5. The summed E-state index contributed by atoms with van der Waals surface area (Å²) < 4.78 is 4.45. The van der Waals surface area contributed by atoms with Crippen LogP contribution in [-0.2, 0) is 9.53 Å². The molecule has 1 heterocycles. The number of carbonyl (C=O) groups is 2. The Labute approximate surface area is 101 Å². The SMILES string of the molecule is COC(=O)CCNC(=O)N1CCC(N)C1.Cl. The molecule has 1 unspecified atom stereocenters. The molecule has 0 bridgehead atoms. The summed E-state index contributed by atoms with van der Waals surface area (Å²) in [6.45, 7) is 1.58. The van der Waals surface area contributed by atoms with Gasteiger partial charge >= 0.3 is 12.0 Å². The van der Waals surface area contributed by atoms with Crippen molar-refractivity contribution >= 4 is 24.4 Å². The predicted molar refractivity (Wildman–Crippen MR) is 61.4 cm³/mol. The second-order valence-electron chi connectivity index (χ2n) is 3.55. The van der Waals surface area contributed by atoms with Gasteiger partial charge in [-0.15, -0.1) is 12.4 Å². The van der Waals surface area contributed by atoms with Crippen LogP contribution in [-0.4, -0.2) is 49.7 Å². The lowest BCUT2D eigenvalue weighted by atomic mass is 10.3. The summed E-state index contributed by atoms with van der Waals surface area (Å²) in [5.41, 5.74) is 5.67. The molecule has 0 spiro atoms. The predicted octanol–water partition coefficient (Wildman–Crippen LogP) is -0.286. The number of esters is 1. The number of nitrogens with zero attached hydrogens (tertiary/aromatic N) is 1. The molecule has 16 heavy (non-hydrogen) atoms. The highest BCUT2D eigenvalue weighted by Gasteiger charge is 2.23. The van der Waals surface area contributed by atoms with Gasteiger partial charge in [-0.05, 0) is 6.42 Å². The molecule has 0 aromatic heterocycles. The number of nitrogens with two attached hydrogens (primary N) is 1. The maximum absolute atomic E-state index is 11.5. The standard InChI is InChI=1S/C9H17N3O3.ClH/c1-15-8(13)2-4-11-9(14)12-5-3-7(10)6-12;/h7H,2-6,10H2,1H3,(H,11,14);1H. The Morgan fingerprint density at radius 1 is 1.56 bits per heavy atom. The van der Waals surface area contributed by atoms with Crippen LogP contribution in [0.15, 0.2) is 0 Å². The van der Waals surface area contributed by atoms with Gasteiger partial charge in [0.1, 0.15) is 0 Å². The average Bonchev–Trinajstić information content (AvgIpc) is 2.64. The maximum Gasteiger partial charge on any atom is 0.317 e. The molecule has 1 rings (SSSR count). The molecule has 94 valence electrons. The number of ether oxygens (including phenoxy) is 1. The summed E-state index contributed by atoms with van der Waals surface area (Å²) in [5.74, 6) is -0.326. The molecule has 6 nitrogen and oxygen atoms in total. The zero-order valence-electron chi connectivity index (χ0n) is 9.27. The monoisotopic (exact) mass is 251 g/mol. The minimum Gasteiger partial charge on any atom is -0.469 e. The van der Waals surface area contributed by atoms with Crippen molar-refractivity contribution in [3.05, 3.63) is 0 Å². The largest absolute Gasteiger partial charge is 0.469 e. The Morgan fingerprint density at radius 3 is 2.75 bits per heavy atom. The van der Waals surface area contributed by atoms with Crippen molar-refractivity contribution in [3.63, 3.8) is 0 Å². The van der Waals surface area contributed by atoms with Crippen molar-refractivity contribution < 1.29 is 14.3 Å². The van der Waals surface area contributed by atoms with Crippen molar-refractivity contribution in [3.8, 4) is 0 Å². The maximum atomic E-state index is 11.5. The molecule has 1 aliphatic rings. The van der Waals surface area contributed by atoms with Gasteiger partial charge in [-0.25, -0.2) is 4.79 Å². The second kappa shape index (κ2) is 7.29. The fourth-order valence-corrected chi connectivity index (χ4v) is 1.46. The first-order valence-electron chi connectivity index (χ1n) is 4.98. The van der Waals surface area contributed by atoms with E-state index in [4.69, 9.17) is 5.73 Å².